The molecule has 3 rings (SSSR count). The largest absolute Gasteiger partial charge is 0.497 e. The van der Waals surface area contributed by atoms with Gasteiger partial charge in [-0.2, -0.15) is 0 Å². The lowest BCUT2D eigenvalue weighted by Gasteiger charge is -2.18. The third kappa shape index (κ3) is 12.2. The first-order valence-electron chi connectivity index (χ1n) is 13.2. The lowest BCUT2D eigenvalue weighted by molar-refractivity contribution is -0.118. The molecular weight excluding hydrogens is 420 g/mol. The molecule has 190 valence electrons. The Balaban J connectivity index is 0.000000320. The van der Waals surface area contributed by atoms with E-state index in [2.05, 4.69) is 67.3 Å². The summed E-state index contributed by atoms with van der Waals surface area (Å²) in [6.45, 7) is 12.3. The van der Waals surface area contributed by atoms with E-state index >= 15 is 0 Å². The summed E-state index contributed by atoms with van der Waals surface area (Å²) in [5.41, 5.74) is 9.18. The molecular formula is C30H48N2O2. The molecule has 0 spiro atoms. The fourth-order valence-electron chi connectivity index (χ4n) is 4.11. The van der Waals surface area contributed by atoms with E-state index in [4.69, 9.17) is 10.5 Å². The van der Waals surface area contributed by atoms with Gasteiger partial charge in [0.05, 0.1) is 7.11 Å². The summed E-state index contributed by atoms with van der Waals surface area (Å²) in [5.74, 6) is 1.37. The van der Waals surface area contributed by atoms with Gasteiger partial charge in [-0.15, -0.1) is 0 Å². The fraction of sp³-hybridized carbons (Fsp3) is 0.567. The predicted octanol–water partition coefficient (Wildman–Crippen LogP) is 6.76. The molecule has 0 bridgehead atoms. The topological polar surface area (TPSA) is 55.6 Å². The Morgan fingerprint density at radius 1 is 0.971 bits per heavy atom. The number of primary amides is 1. The smallest absolute Gasteiger partial charge is 0.217 e. The second kappa shape index (κ2) is 18.1. The van der Waals surface area contributed by atoms with E-state index in [9.17, 15) is 4.79 Å². The van der Waals surface area contributed by atoms with Crippen molar-refractivity contribution < 1.29 is 9.53 Å². The Kier molecular flexibility index (Phi) is 15.8. The Labute approximate surface area is 208 Å². The molecule has 0 aliphatic carbocycles. The van der Waals surface area contributed by atoms with Crippen LogP contribution < -0.4 is 10.5 Å². The quantitative estimate of drug-likeness (QED) is 0.396. The second-order valence-electron chi connectivity index (χ2n) is 8.90. The molecule has 4 heteroatoms. The summed E-state index contributed by atoms with van der Waals surface area (Å²) in [7, 11) is 1.71. The lowest BCUT2D eigenvalue weighted by Crippen LogP contribution is -2.21. The van der Waals surface area contributed by atoms with Crippen molar-refractivity contribution in [2.24, 2.45) is 5.73 Å². The Hall–Kier alpha value is -2.33. The van der Waals surface area contributed by atoms with Gasteiger partial charge >= 0.3 is 0 Å². The number of carbonyl (C=O) groups excluding carboxylic acids is 1. The molecule has 1 aliphatic rings. The van der Waals surface area contributed by atoms with E-state index in [1.807, 2.05) is 13.8 Å². The molecule has 1 fully saturated rings. The number of amides is 1. The molecule has 2 aromatic carbocycles. The number of rotatable bonds is 11. The molecule has 34 heavy (non-hydrogen) atoms. The predicted molar refractivity (Wildman–Crippen MR) is 146 cm³/mol. The van der Waals surface area contributed by atoms with Gasteiger partial charge in [-0.25, -0.2) is 0 Å². The van der Waals surface area contributed by atoms with E-state index in [1.165, 1.54) is 62.0 Å². The monoisotopic (exact) mass is 468 g/mol. The van der Waals surface area contributed by atoms with Crippen LogP contribution in [0.15, 0.2) is 48.5 Å². The zero-order valence-electron chi connectivity index (χ0n) is 22.3. The normalized spacial score (nSPS) is 13.8. The third-order valence-corrected chi connectivity index (χ3v) is 6.21. The summed E-state index contributed by atoms with van der Waals surface area (Å²) in [4.78, 5) is 13.1. The second-order valence-corrected chi connectivity index (χ2v) is 8.90. The summed E-state index contributed by atoms with van der Waals surface area (Å²) in [5, 5.41) is 0. The Bertz CT molecular complexity index is 765. The molecule has 2 N–H and O–H groups in total. The summed E-state index contributed by atoms with van der Waals surface area (Å²) < 4.78 is 5.18. The van der Waals surface area contributed by atoms with Crippen LogP contribution in [0.2, 0.25) is 0 Å². The molecule has 1 saturated heterocycles. The van der Waals surface area contributed by atoms with Gasteiger partial charge in [-0.3, -0.25) is 4.79 Å². The number of likely N-dealkylation sites (tertiary alicyclic amines) is 1. The van der Waals surface area contributed by atoms with Crippen LogP contribution >= 0.6 is 0 Å². The van der Waals surface area contributed by atoms with Crippen molar-refractivity contribution in [3.8, 4) is 5.75 Å². The first kappa shape index (κ1) is 29.7. The Morgan fingerprint density at radius 2 is 1.53 bits per heavy atom. The highest BCUT2D eigenvalue weighted by Gasteiger charge is 2.13. The maximum atomic E-state index is 10.6. The lowest BCUT2D eigenvalue weighted by atomic mass is 9.97. The van der Waals surface area contributed by atoms with E-state index in [0.29, 0.717) is 12.3 Å². The average molecular weight is 469 g/mol. The molecule has 0 radical (unpaired) electrons. The average Bonchev–Trinajstić information content (AvgIpc) is 3.39. The van der Waals surface area contributed by atoms with Crippen LogP contribution in [0, 0.1) is 0 Å². The van der Waals surface area contributed by atoms with E-state index in [0.717, 1.165) is 25.0 Å². The van der Waals surface area contributed by atoms with Crippen molar-refractivity contribution in [1.29, 1.82) is 0 Å². The number of hydrogen-bond donors (Lipinski definition) is 1. The van der Waals surface area contributed by atoms with Gasteiger partial charge in [0.15, 0.2) is 0 Å². The van der Waals surface area contributed by atoms with Crippen molar-refractivity contribution in [1.82, 2.24) is 4.90 Å². The zero-order valence-corrected chi connectivity index (χ0v) is 22.3. The summed E-state index contributed by atoms with van der Waals surface area (Å²) in [6.07, 6.45) is 8.62. The maximum absolute atomic E-state index is 10.6. The summed E-state index contributed by atoms with van der Waals surface area (Å²) >= 11 is 0. The van der Waals surface area contributed by atoms with Gasteiger partial charge in [-0.1, -0.05) is 70.5 Å². The molecule has 0 saturated carbocycles. The van der Waals surface area contributed by atoms with Crippen molar-refractivity contribution in [3.63, 3.8) is 0 Å². The molecule has 1 unspecified atom stereocenters. The van der Waals surface area contributed by atoms with Gasteiger partial charge in [-0.05, 0) is 92.9 Å². The van der Waals surface area contributed by atoms with Gasteiger partial charge in [0.1, 0.15) is 5.75 Å². The first-order valence-corrected chi connectivity index (χ1v) is 13.2. The number of carbonyl (C=O) groups is 1. The SMILES string of the molecule is CC.CCCc1ccc(CCCC(N)=O)cc1.COc1ccc(C(C)CCN2CCCC2)cc1. The number of ether oxygens (including phenoxy) is 1. The number of nitrogens with zero attached hydrogens (tertiary/aromatic N) is 1. The first-order chi connectivity index (χ1) is 16.5. The van der Waals surface area contributed by atoms with Crippen LogP contribution in [-0.2, 0) is 17.6 Å². The minimum atomic E-state index is -0.211. The van der Waals surface area contributed by atoms with Gasteiger partial charge in [0.2, 0.25) is 5.91 Å². The van der Waals surface area contributed by atoms with Crippen LogP contribution in [0.1, 0.15) is 88.8 Å². The van der Waals surface area contributed by atoms with Crippen molar-refractivity contribution >= 4 is 5.91 Å². The highest BCUT2D eigenvalue weighted by Crippen LogP contribution is 2.22. The van der Waals surface area contributed by atoms with E-state index in [-0.39, 0.29) is 5.91 Å². The highest BCUT2D eigenvalue weighted by molar-refractivity contribution is 5.73. The molecule has 0 aromatic heterocycles. The highest BCUT2D eigenvalue weighted by atomic mass is 16.5. The molecule has 1 aliphatic heterocycles. The van der Waals surface area contributed by atoms with Crippen molar-refractivity contribution in [2.45, 2.75) is 85.0 Å². The summed E-state index contributed by atoms with van der Waals surface area (Å²) in [6, 6.07) is 17.1. The number of aryl methyl sites for hydroxylation is 2. The molecule has 4 nitrogen and oxygen atoms in total. The number of methoxy groups -OCH3 is 1. The fourth-order valence-corrected chi connectivity index (χ4v) is 4.11. The van der Waals surface area contributed by atoms with Crippen LogP contribution in [0.3, 0.4) is 0 Å². The molecule has 1 amide bonds. The minimum absolute atomic E-state index is 0.211. The van der Waals surface area contributed by atoms with Crippen LogP contribution in [0.25, 0.3) is 0 Å². The Morgan fingerprint density at radius 3 is 2.03 bits per heavy atom. The number of nitrogens with two attached hydrogens (primary N) is 1. The molecule has 2 aromatic rings. The maximum Gasteiger partial charge on any atom is 0.217 e. The van der Waals surface area contributed by atoms with Crippen molar-refractivity contribution in [2.75, 3.05) is 26.7 Å². The van der Waals surface area contributed by atoms with Crippen LogP contribution in [0.4, 0.5) is 0 Å². The third-order valence-electron chi connectivity index (χ3n) is 6.21. The van der Waals surface area contributed by atoms with Gasteiger partial charge < -0.3 is 15.4 Å². The van der Waals surface area contributed by atoms with Crippen LogP contribution in [-0.4, -0.2) is 37.6 Å². The minimum Gasteiger partial charge on any atom is -0.497 e. The number of hydrogen-bond acceptors (Lipinski definition) is 3. The van der Waals surface area contributed by atoms with E-state index < -0.39 is 0 Å². The van der Waals surface area contributed by atoms with Gasteiger partial charge in [0.25, 0.3) is 0 Å². The van der Waals surface area contributed by atoms with Crippen LogP contribution in [0.5, 0.6) is 5.75 Å². The standard InChI is InChI=1S/C15H23NO.C13H19NO.C2H6/c1-13(9-12-16-10-3-4-11-16)14-5-7-15(17-2)8-6-14;1-2-4-11-7-9-12(10-8-11)5-3-6-13(14)15;1-2/h5-8,13H,3-4,9-12H2,1-2H3;7-10H,2-6H2,1H3,(H2,14,15);1-2H3. The number of benzene rings is 2. The molecule has 1 heterocycles. The molecule has 1 atom stereocenters. The van der Waals surface area contributed by atoms with Crippen molar-refractivity contribution in [3.05, 3.63) is 65.2 Å². The van der Waals surface area contributed by atoms with Gasteiger partial charge in [0, 0.05) is 6.42 Å². The zero-order chi connectivity index (χ0) is 25.2. The van der Waals surface area contributed by atoms with E-state index in [1.54, 1.807) is 7.11 Å².